The highest BCUT2D eigenvalue weighted by Gasteiger charge is 2.59. The fraction of sp³-hybridized carbons (Fsp3) is 0.333. The second-order valence-electron chi connectivity index (χ2n) is 5.54. The van der Waals surface area contributed by atoms with Gasteiger partial charge in [-0.25, -0.2) is 4.39 Å². The van der Waals surface area contributed by atoms with Crippen LogP contribution in [0.1, 0.15) is 18.9 Å². The summed E-state index contributed by atoms with van der Waals surface area (Å²) in [6.07, 6.45) is -13.2. The van der Waals surface area contributed by atoms with Crippen LogP contribution in [-0.4, -0.2) is 18.5 Å². The number of alkyl halides is 6. The van der Waals surface area contributed by atoms with Gasteiger partial charge in [0.2, 0.25) is 0 Å². The first kappa shape index (κ1) is 19.1. The Balaban J connectivity index is 2.11. The molecular formula is C18H16F6O. The third-order valence-electron chi connectivity index (χ3n) is 3.52. The van der Waals surface area contributed by atoms with Gasteiger partial charge < -0.3 is 4.74 Å². The smallest absolute Gasteiger partial charge is 0.430 e. The lowest BCUT2D eigenvalue weighted by molar-refractivity contribution is -0.304. The maximum Gasteiger partial charge on any atom is 0.439 e. The molecule has 0 saturated carbocycles. The summed E-state index contributed by atoms with van der Waals surface area (Å²) >= 11 is 0. The van der Waals surface area contributed by atoms with Crippen LogP contribution in [0.5, 0.6) is 5.75 Å². The third kappa shape index (κ3) is 4.90. The van der Waals surface area contributed by atoms with Crippen molar-refractivity contribution in [3.05, 3.63) is 54.1 Å². The molecule has 0 bridgehead atoms. The highest BCUT2D eigenvalue weighted by atomic mass is 19.4. The molecule has 7 heteroatoms. The average Bonchev–Trinajstić information content (AvgIpc) is 2.55. The monoisotopic (exact) mass is 362 g/mol. The van der Waals surface area contributed by atoms with Crippen LogP contribution in [0, 0.1) is 0 Å². The minimum absolute atomic E-state index is 0.553. The van der Waals surface area contributed by atoms with Gasteiger partial charge in [0.05, 0.1) is 0 Å². The molecule has 25 heavy (non-hydrogen) atoms. The molecule has 1 unspecified atom stereocenters. The zero-order valence-corrected chi connectivity index (χ0v) is 13.3. The molecule has 0 N–H and O–H groups in total. The van der Waals surface area contributed by atoms with Gasteiger partial charge in [0.1, 0.15) is 5.75 Å². The van der Waals surface area contributed by atoms with E-state index in [1.165, 1.54) is 12.1 Å². The van der Waals surface area contributed by atoms with E-state index >= 15 is 0 Å². The molecule has 136 valence electrons. The van der Waals surface area contributed by atoms with Gasteiger partial charge in [-0.15, -0.1) is 0 Å². The first-order chi connectivity index (χ1) is 11.6. The van der Waals surface area contributed by atoms with E-state index in [0.29, 0.717) is 5.56 Å². The molecule has 2 rings (SSSR count). The summed E-state index contributed by atoms with van der Waals surface area (Å²) in [5, 5.41) is 0. The van der Waals surface area contributed by atoms with E-state index in [0.717, 1.165) is 36.1 Å². The highest BCUT2D eigenvalue weighted by Crippen LogP contribution is 2.36. The number of hydrogen-bond donors (Lipinski definition) is 0. The van der Waals surface area contributed by atoms with Crippen LogP contribution in [-0.2, 0) is 6.42 Å². The van der Waals surface area contributed by atoms with E-state index in [-0.39, 0.29) is 0 Å². The summed E-state index contributed by atoms with van der Waals surface area (Å²) in [6, 6.07) is 12.6. The molecule has 0 spiro atoms. The van der Waals surface area contributed by atoms with Crippen molar-refractivity contribution in [2.45, 2.75) is 38.2 Å². The summed E-state index contributed by atoms with van der Waals surface area (Å²) in [5.41, 5.74) is 2.65. The zero-order valence-electron chi connectivity index (χ0n) is 13.3. The van der Waals surface area contributed by atoms with Crippen LogP contribution in [0.15, 0.2) is 48.5 Å². The first-order valence-corrected chi connectivity index (χ1v) is 7.60. The minimum Gasteiger partial charge on any atom is -0.430 e. The molecule has 0 aromatic heterocycles. The fourth-order valence-electron chi connectivity index (χ4n) is 2.27. The number of aryl methyl sites for hydroxylation is 1. The van der Waals surface area contributed by atoms with Crippen molar-refractivity contribution >= 4 is 0 Å². The molecule has 0 aliphatic rings. The van der Waals surface area contributed by atoms with E-state index in [1.54, 1.807) is 0 Å². The van der Waals surface area contributed by atoms with E-state index < -0.39 is 24.2 Å². The molecule has 0 fully saturated rings. The average molecular weight is 362 g/mol. The maximum atomic E-state index is 13.2. The van der Waals surface area contributed by atoms with Crippen molar-refractivity contribution < 1.29 is 31.1 Å². The second-order valence-corrected chi connectivity index (χ2v) is 5.54. The van der Waals surface area contributed by atoms with Gasteiger partial charge in [-0.05, 0) is 35.2 Å². The third-order valence-corrected chi connectivity index (χ3v) is 3.52. The van der Waals surface area contributed by atoms with Crippen molar-refractivity contribution in [2.75, 3.05) is 0 Å². The minimum atomic E-state index is -5.70. The van der Waals surface area contributed by atoms with E-state index in [4.69, 9.17) is 0 Å². The molecule has 2 aromatic rings. The van der Waals surface area contributed by atoms with E-state index in [1.807, 2.05) is 24.3 Å². The molecular weight excluding hydrogens is 346 g/mol. The van der Waals surface area contributed by atoms with Crippen LogP contribution in [0.25, 0.3) is 11.1 Å². The standard InChI is InChI=1S/C18H16F6O/c1-2-3-12-4-6-13(7-5-12)14-8-10-15(11-9-14)25-18(23,24)16(19)17(20,21)22/h4-11,16H,2-3H2,1H3. The number of hydrogen-bond acceptors (Lipinski definition) is 1. The Morgan fingerprint density at radius 2 is 1.32 bits per heavy atom. The predicted molar refractivity (Wildman–Crippen MR) is 82.4 cm³/mol. The number of halogens is 6. The lowest BCUT2D eigenvalue weighted by atomic mass is 10.0. The van der Waals surface area contributed by atoms with Crippen LogP contribution in [0.3, 0.4) is 0 Å². The molecule has 1 atom stereocenters. The maximum absolute atomic E-state index is 13.2. The number of benzene rings is 2. The normalized spacial score (nSPS) is 13.6. The molecule has 0 aliphatic carbocycles. The molecule has 0 saturated heterocycles. The van der Waals surface area contributed by atoms with E-state index in [2.05, 4.69) is 11.7 Å². The topological polar surface area (TPSA) is 9.23 Å². The van der Waals surface area contributed by atoms with Gasteiger partial charge in [-0.2, -0.15) is 22.0 Å². The van der Waals surface area contributed by atoms with Crippen molar-refractivity contribution in [1.82, 2.24) is 0 Å². The summed E-state index contributed by atoms with van der Waals surface area (Å²) in [5.74, 6) is -0.553. The van der Waals surface area contributed by atoms with Gasteiger partial charge >= 0.3 is 12.3 Å². The van der Waals surface area contributed by atoms with Gasteiger partial charge in [0.25, 0.3) is 6.17 Å². The highest BCUT2D eigenvalue weighted by molar-refractivity contribution is 5.64. The lowest BCUT2D eigenvalue weighted by Crippen LogP contribution is -2.45. The Labute approximate surface area is 141 Å². The van der Waals surface area contributed by atoms with Crippen molar-refractivity contribution in [1.29, 1.82) is 0 Å². The Hall–Kier alpha value is -2.18. The van der Waals surface area contributed by atoms with Crippen molar-refractivity contribution in [3.63, 3.8) is 0 Å². The Bertz CT molecular complexity index is 676. The molecule has 2 aromatic carbocycles. The predicted octanol–water partition coefficient (Wildman–Crippen LogP) is 6.18. The Kier molecular flexibility index (Phi) is 5.65. The van der Waals surface area contributed by atoms with E-state index in [9.17, 15) is 26.3 Å². The van der Waals surface area contributed by atoms with Crippen molar-refractivity contribution in [2.24, 2.45) is 0 Å². The fourth-order valence-corrected chi connectivity index (χ4v) is 2.27. The van der Waals surface area contributed by atoms with Gasteiger partial charge in [0, 0.05) is 0 Å². The van der Waals surface area contributed by atoms with Gasteiger partial charge in [-0.3, -0.25) is 0 Å². The van der Waals surface area contributed by atoms with Gasteiger partial charge in [-0.1, -0.05) is 49.7 Å². The Morgan fingerprint density at radius 1 is 0.840 bits per heavy atom. The molecule has 0 radical (unpaired) electrons. The molecule has 1 nitrogen and oxygen atoms in total. The quantitative estimate of drug-likeness (QED) is 0.558. The second kappa shape index (κ2) is 7.37. The lowest BCUT2D eigenvalue weighted by Gasteiger charge is -2.23. The van der Waals surface area contributed by atoms with Crippen LogP contribution < -0.4 is 4.74 Å². The summed E-state index contributed by atoms with van der Waals surface area (Å²) in [4.78, 5) is 0. The van der Waals surface area contributed by atoms with Crippen LogP contribution in [0.4, 0.5) is 26.3 Å². The number of ether oxygens (including phenoxy) is 1. The summed E-state index contributed by atoms with van der Waals surface area (Å²) < 4.78 is 79.4. The first-order valence-electron chi connectivity index (χ1n) is 7.60. The van der Waals surface area contributed by atoms with Crippen molar-refractivity contribution in [3.8, 4) is 16.9 Å². The number of rotatable bonds is 6. The summed E-state index contributed by atoms with van der Waals surface area (Å²) in [7, 11) is 0. The SMILES string of the molecule is CCCc1ccc(-c2ccc(OC(F)(F)C(F)C(F)(F)F)cc2)cc1. The van der Waals surface area contributed by atoms with Crippen LogP contribution in [0.2, 0.25) is 0 Å². The summed E-state index contributed by atoms with van der Waals surface area (Å²) in [6.45, 7) is 2.06. The van der Waals surface area contributed by atoms with Gasteiger partial charge in [0.15, 0.2) is 0 Å². The largest absolute Gasteiger partial charge is 0.439 e. The Morgan fingerprint density at radius 3 is 1.76 bits per heavy atom. The molecule has 0 aliphatic heterocycles. The molecule has 0 amide bonds. The zero-order chi connectivity index (χ0) is 18.7. The molecule has 0 heterocycles. The van der Waals surface area contributed by atoms with Crippen LogP contribution >= 0.6 is 0 Å².